The highest BCUT2D eigenvalue weighted by atomic mass is 16.3. The second-order valence-electron chi connectivity index (χ2n) is 9.72. The topological polar surface area (TPSA) is 71.5 Å². The lowest BCUT2D eigenvalue weighted by Crippen LogP contribution is -2.05. The van der Waals surface area contributed by atoms with Crippen LogP contribution >= 0.6 is 0 Å². The molecule has 8 rings (SSSR count). The van der Waals surface area contributed by atoms with Crippen molar-refractivity contribution in [1.29, 1.82) is 0 Å². The van der Waals surface area contributed by atoms with E-state index < -0.39 is 0 Å². The Morgan fingerprint density at radius 1 is 0.722 bits per heavy atom. The van der Waals surface area contributed by atoms with Crippen molar-refractivity contribution in [2.24, 2.45) is 0 Å². The molecule has 0 amide bonds. The van der Waals surface area contributed by atoms with Gasteiger partial charge in [-0.25, -0.2) is 4.98 Å². The molecule has 7 heterocycles. The number of benzene rings is 1. The van der Waals surface area contributed by atoms with E-state index in [2.05, 4.69) is 77.5 Å². The number of oxazole rings is 1. The van der Waals surface area contributed by atoms with Crippen LogP contribution in [0.2, 0.25) is 0 Å². The first-order valence-electron chi connectivity index (χ1n) is 12.6. The Bertz CT molecular complexity index is 1640. The second-order valence-corrected chi connectivity index (χ2v) is 9.72. The zero-order valence-corrected chi connectivity index (χ0v) is 20.1. The Labute approximate surface area is 207 Å². The minimum atomic E-state index is 0.658. The van der Waals surface area contributed by atoms with Crippen molar-refractivity contribution in [1.82, 2.24) is 33.7 Å². The Morgan fingerprint density at radius 3 is 1.94 bits per heavy atom. The van der Waals surface area contributed by atoms with Crippen molar-refractivity contribution >= 4 is 11.1 Å². The summed E-state index contributed by atoms with van der Waals surface area (Å²) in [6.07, 6.45) is 12.3. The largest absolute Gasteiger partial charge is 0.439 e. The molecule has 0 saturated carbocycles. The van der Waals surface area contributed by atoms with Gasteiger partial charge in [0, 0.05) is 44.8 Å². The summed E-state index contributed by atoms with van der Waals surface area (Å²) in [5.74, 6) is 0.658. The van der Waals surface area contributed by atoms with Crippen LogP contribution in [0.1, 0.15) is 29.9 Å². The van der Waals surface area contributed by atoms with Gasteiger partial charge in [0.05, 0.1) is 34.2 Å². The number of aryl methyl sites for hydroxylation is 5. The molecule has 8 nitrogen and oxygen atoms in total. The molecule has 178 valence electrons. The summed E-state index contributed by atoms with van der Waals surface area (Å²) in [5, 5.41) is 9.13. The molecule has 0 N–H and O–H groups in total. The molecule has 0 atom stereocenters. The van der Waals surface area contributed by atoms with E-state index >= 15 is 0 Å². The van der Waals surface area contributed by atoms with Gasteiger partial charge in [-0.3, -0.25) is 9.36 Å². The highest BCUT2D eigenvalue weighted by Crippen LogP contribution is 2.38. The van der Waals surface area contributed by atoms with Crippen molar-refractivity contribution in [3.63, 3.8) is 0 Å². The summed E-state index contributed by atoms with van der Waals surface area (Å²) in [4.78, 5) is 4.88. The van der Waals surface area contributed by atoms with Gasteiger partial charge in [-0.15, -0.1) is 0 Å². The van der Waals surface area contributed by atoms with Gasteiger partial charge < -0.3 is 13.6 Å². The number of nitrogens with zero attached hydrogens (tertiary/aromatic N) is 7. The fourth-order valence-corrected chi connectivity index (χ4v) is 6.06. The molecule has 5 aromatic heterocycles. The quantitative estimate of drug-likeness (QED) is 0.339. The normalized spacial score (nSPS) is 14.7. The zero-order valence-electron chi connectivity index (χ0n) is 20.1. The maximum Gasteiger partial charge on any atom is 0.192 e. The smallest absolute Gasteiger partial charge is 0.192 e. The van der Waals surface area contributed by atoms with E-state index in [-0.39, 0.29) is 0 Å². The molecule has 0 bridgehead atoms. The number of aromatic nitrogens is 7. The summed E-state index contributed by atoms with van der Waals surface area (Å²) < 4.78 is 15.0. The maximum absolute atomic E-state index is 6.29. The van der Waals surface area contributed by atoms with Crippen LogP contribution in [0.25, 0.3) is 45.3 Å². The van der Waals surface area contributed by atoms with E-state index in [1.54, 1.807) is 0 Å². The molecule has 0 radical (unpaired) electrons. The van der Waals surface area contributed by atoms with E-state index in [1.807, 2.05) is 19.3 Å². The maximum atomic E-state index is 6.29. The predicted octanol–water partition coefficient (Wildman–Crippen LogP) is 5.34. The highest BCUT2D eigenvalue weighted by Gasteiger charge is 2.25. The Balaban J connectivity index is 1.36. The average Bonchev–Trinajstić information content (AvgIpc) is 3.69. The van der Waals surface area contributed by atoms with Crippen LogP contribution in [0.3, 0.4) is 0 Å². The Hall–Kier alpha value is -4.33. The lowest BCUT2D eigenvalue weighted by atomic mass is 10.1. The first kappa shape index (κ1) is 19.9. The molecule has 6 aromatic rings. The first-order valence-corrected chi connectivity index (χ1v) is 12.6. The van der Waals surface area contributed by atoms with E-state index in [9.17, 15) is 0 Å². The van der Waals surface area contributed by atoms with Crippen molar-refractivity contribution in [2.45, 2.75) is 45.7 Å². The Kier molecular flexibility index (Phi) is 4.06. The highest BCUT2D eigenvalue weighted by molar-refractivity contribution is 5.91. The first-order chi connectivity index (χ1) is 17.8. The molecular formula is C28H25N7O. The van der Waals surface area contributed by atoms with E-state index in [4.69, 9.17) is 9.40 Å². The molecule has 1 aromatic carbocycles. The van der Waals surface area contributed by atoms with Crippen LogP contribution < -0.4 is 0 Å². The molecule has 36 heavy (non-hydrogen) atoms. The monoisotopic (exact) mass is 475 g/mol. The summed E-state index contributed by atoms with van der Waals surface area (Å²) >= 11 is 0. The molecule has 2 aliphatic rings. The van der Waals surface area contributed by atoms with Gasteiger partial charge in [0.2, 0.25) is 0 Å². The molecular weight excluding hydrogens is 450 g/mol. The third-order valence-corrected chi connectivity index (χ3v) is 7.62. The standard InChI is InChI=1S/C28H25N7O/c1-18-31-25-21(32-16-10-19-4-2-14-34-22(26(19)32)8-12-29-34)6-7-24(28(25)36-18)33-17-11-20-5-3-15-35-23(27(20)33)9-13-30-35/h6-13,16-17H,2-5,14-15H2,1H3. The van der Waals surface area contributed by atoms with Crippen LogP contribution in [0.15, 0.2) is 65.6 Å². The molecule has 0 fully saturated rings. The molecule has 2 aliphatic heterocycles. The van der Waals surface area contributed by atoms with Gasteiger partial charge in [0.1, 0.15) is 5.52 Å². The number of hydrogen-bond acceptors (Lipinski definition) is 4. The van der Waals surface area contributed by atoms with Crippen LogP contribution in [0, 0.1) is 6.92 Å². The van der Waals surface area contributed by atoms with E-state index in [0.717, 1.165) is 72.6 Å². The average molecular weight is 476 g/mol. The molecule has 0 spiro atoms. The van der Waals surface area contributed by atoms with Gasteiger partial charge >= 0.3 is 0 Å². The van der Waals surface area contributed by atoms with E-state index in [0.29, 0.717) is 5.89 Å². The van der Waals surface area contributed by atoms with Gasteiger partial charge in [-0.2, -0.15) is 10.2 Å². The second kappa shape index (κ2) is 7.34. The molecule has 8 heteroatoms. The number of fused-ring (bicyclic) bond motifs is 7. The van der Waals surface area contributed by atoms with Gasteiger partial charge in [-0.05, 0) is 73.2 Å². The summed E-state index contributed by atoms with van der Waals surface area (Å²) in [7, 11) is 0. The van der Waals surface area contributed by atoms with Crippen LogP contribution in [-0.4, -0.2) is 33.7 Å². The third kappa shape index (κ3) is 2.72. The minimum Gasteiger partial charge on any atom is -0.439 e. The van der Waals surface area contributed by atoms with Crippen LogP contribution in [0.5, 0.6) is 0 Å². The number of rotatable bonds is 2. The van der Waals surface area contributed by atoms with Crippen molar-refractivity contribution in [3.8, 4) is 34.2 Å². The Morgan fingerprint density at radius 2 is 1.31 bits per heavy atom. The van der Waals surface area contributed by atoms with E-state index in [1.165, 1.54) is 22.5 Å². The number of hydrogen-bond donors (Lipinski definition) is 0. The SMILES string of the molecule is Cc1nc2c(-n3ccc4c3-c3ccnn3CCC4)ccc(-n3ccc4c3-c3ccnn3CCC4)c2o1. The molecule has 0 unspecified atom stereocenters. The predicted molar refractivity (Wildman–Crippen MR) is 136 cm³/mol. The molecule has 0 saturated heterocycles. The van der Waals surface area contributed by atoms with Gasteiger partial charge in [0.25, 0.3) is 0 Å². The van der Waals surface area contributed by atoms with Gasteiger partial charge in [0.15, 0.2) is 11.5 Å². The van der Waals surface area contributed by atoms with Crippen molar-refractivity contribution < 1.29 is 4.42 Å². The summed E-state index contributed by atoms with van der Waals surface area (Å²) in [6.45, 7) is 3.79. The minimum absolute atomic E-state index is 0.658. The van der Waals surface area contributed by atoms with Gasteiger partial charge in [-0.1, -0.05) is 0 Å². The fourth-order valence-electron chi connectivity index (χ4n) is 6.06. The summed E-state index contributed by atoms with van der Waals surface area (Å²) in [5.41, 5.74) is 11.0. The lowest BCUT2D eigenvalue weighted by Gasteiger charge is -2.15. The fraction of sp³-hybridized carbons (Fsp3) is 0.250. The summed E-state index contributed by atoms with van der Waals surface area (Å²) in [6, 6.07) is 13.0. The lowest BCUT2D eigenvalue weighted by molar-refractivity contribution is 0.559. The van der Waals surface area contributed by atoms with Crippen molar-refractivity contribution in [3.05, 3.63) is 78.2 Å². The van der Waals surface area contributed by atoms with Crippen molar-refractivity contribution in [2.75, 3.05) is 0 Å². The third-order valence-electron chi connectivity index (χ3n) is 7.62. The van der Waals surface area contributed by atoms with Crippen LogP contribution in [-0.2, 0) is 25.9 Å². The van der Waals surface area contributed by atoms with Crippen LogP contribution in [0.4, 0.5) is 0 Å². The molecule has 0 aliphatic carbocycles. The zero-order chi connectivity index (χ0) is 23.8.